The lowest BCUT2D eigenvalue weighted by Gasteiger charge is -2.39. The van der Waals surface area contributed by atoms with E-state index in [0.717, 1.165) is 18.5 Å². The van der Waals surface area contributed by atoms with Gasteiger partial charge >= 0.3 is 5.97 Å². The van der Waals surface area contributed by atoms with E-state index in [1.807, 2.05) is 19.9 Å². The predicted molar refractivity (Wildman–Crippen MR) is 126 cm³/mol. The van der Waals surface area contributed by atoms with Crippen LogP contribution in [0.4, 0.5) is 0 Å². The average Bonchev–Trinajstić information content (AvgIpc) is 2.76. The maximum Gasteiger partial charge on any atom is 0.315 e. The number of Topliss-reactive ketones (excluding diaryl/α,β-unsaturated/α-hetero) is 1. The zero-order valence-corrected chi connectivity index (χ0v) is 20.7. The largest absolute Gasteiger partial charge is 0.493 e. The highest BCUT2D eigenvalue weighted by molar-refractivity contribution is 6.09. The van der Waals surface area contributed by atoms with Crippen LogP contribution in [0.15, 0.2) is 28.4 Å². The van der Waals surface area contributed by atoms with Crippen molar-refractivity contribution in [3.05, 3.63) is 29.0 Å². The van der Waals surface area contributed by atoms with E-state index in [2.05, 4.69) is 13.8 Å². The van der Waals surface area contributed by atoms with Crippen molar-refractivity contribution in [1.82, 2.24) is 0 Å². The first-order valence-corrected chi connectivity index (χ1v) is 11.5. The molecule has 2 aliphatic rings. The molecule has 0 aromatic heterocycles. The van der Waals surface area contributed by atoms with E-state index >= 15 is 0 Å². The lowest BCUT2D eigenvalue weighted by Crippen LogP contribution is -2.39. The molecule has 180 valence electrons. The van der Waals surface area contributed by atoms with Gasteiger partial charge in [-0.15, -0.1) is 0 Å². The van der Waals surface area contributed by atoms with Crippen LogP contribution in [0.25, 0.3) is 0 Å². The lowest BCUT2D eigenvalue weighted by molar-refractivity contribution is -0.146. The zero-order chi connectivity index (χ0) is 24.3. The van der Waals surface area contributed by atoms with Crippen molar-refractivity contribution in [2.75, 3.05) is 27.9 Å². The Morgan fingerprint density at radius 1 is 1.09 bits per heavy atom. The van der Waals surface area contributed by atoms with Gasteiger partial charge in [0.2, 0.25) is 5.75 Å². The molecule has 1 heterocycles. The van der Waals surface area contributed by atoms with Crippen molar-refractivity contribution in [3.8, 4) is 17.2 Å². The minimum Gasteiger partial charge on any atom is -0.493 e. The summed E-state index contributed by atoms with van der Waals surface area (Å²) < 4.78 is 22.4. The van der Waals surface area contributed by atoms with E-state index in [0.29, 0.717) is 53.5 Å². The molecular formula is C26H35NO6. The highest BCUT2D eigenvalue weighted by Crippen LogP contribution is 2.52. The quantitative estimate of drug-likeness (QED) is 0.409. The van der Waals surface area contributed by atoms with E-state index in [1.165, 1.54) is 7.11 Å². The highest BCUT2D eigenvalue weighted by Gasteiger charge is 2.47. The van der Waals surface area contributed by atoms with Crippen molar-refractivity contribution in [3.63, 3.8) is 0 Å². The maximum atomic E-state index is 13.5. The van der Waals surface area contributed by atoms with Gasteiger partial charge in [0, 0.05) is 34.9 Å². The van der Waals surface area contributed by atoms with Crippen LogP contribution in [0.2, 0.25) is 0 Å². The number of methoxy groups -OCH3 is 3. The number of aliphatic imine (C=N–C) groups is 1. The molecule has 1 aliphatic heterocycles. The van der Waals surface area contributed by atoms with Crippen LogP contribution in [0.1, 0.15) is 64.9 Å². The Kier molecular flexibility index (Phi) is 7.50. The second kappa shape index (κ2) is 9.98. The second-order valence-corrected chi connectivity index (χ2v) is 9.45. The zero-order valence-electron chi connectivity index (χ0n) is 20.7. The Labute approximate surface area is 196 Å². The minimum atomic E-state index is -0.724. The summed E-state index contributed by atoms with van der Waals surface area (Å²) in [6, 6.07) is 3.61. The van der Waals surface area contributed by atoms with Crippen molar-refractivity contribution in [1.29, 1.82) is 0 Å². The van der Waals surface area contributed by atoms with Gasteiger partial charge in [-0.25, -0.2) is 0 Å². The molecule has 0 saturated heterocycles. The summed E-state index contributed by atoms with van der Waals surface area (Å²) in [7, 11) is 4.63. The van der Waals surface area contributed by atoms with Crippen molar-refractivity contribution in [2.45, 2.75) is 59.3 Å². The Bertz CT molecular complexity index is 991. The number of nitrogens with zero attached hydrogens (tertiary/aromatic N) is 1. The maximum absolute atomic E-state index is 13.5. The molecule has 2 atom stereocenters. The van der Waals surface area contributed by atoms with Crippen LogP contribution < -0.4 is 14.2 Å². The molecule has 1 aromatic carbocycles. The smallest absolute Gasteiger partial charge is 0.315 e. The van der Waals surface area contributed by atoms with Crippen molar-refractivity contribution >= 4 is 17.5 Å². The Morgan fingerprint density at radius 3 is 2.39 bits per heavy atom. The Balaban J connectivity index is 2.22. The first-order valence-electron chi connectivity index (χ1n) is 11.5. The van der Waals surface area contributed by atoms with E-state index in [-0.39, 0.29) is 17.2 Å². The molecule has 7 heteroatoms. The normalized spacial score (nSPS) is 21.8. The summed E-state index contributed by atoms with van der Waals surface area (Å²) in [5, 5.41) is 0. The SMILES string of the molecule is CCCCOC(=O)C1C(C)=NC2=C(C(=O)CC(C)(C)C2)[C@@H]1c1ccc(OC)c(OC)c1OC. The van der Waals surface area contributed by atoms with Gasteiger partial charge < -0.3 is 18.9 Å². The topological polar surface area (TPSA) is 83.4 Å². The summed E-state index contributed by atoms with van der Waals surface area (Å²) in [5.74, 6) is -0.315. The van der Waals surface area contributed by atoms with E-state index in [4.69, 9.17) is 23.9 Å². The fourth-order valence-corrected chi connectivity index (χ4v) is 4.86. The van der Waals surface area contributed by atoms with Crippen LogP contribution in [-0.4, -0.2) is 45.4 Å². The lowest BCUT2D eigenvalue weighted by atomic mass is 9.66. The van der Waals surface area contributed by atoms with E-state index < -0.39 is 11.8 Å². The van der Waals surface area contributed by atoms with Gasteiger partial charge in [0.1, 0.15) is 5.92 Å². The van der Waals surface area contributed by atoms with Crippen LogP contribution in [0.3, 0.4) is 0 Å². The fourth-order valence-electron chi connectivity index (χ4n) is 4.86. The number of carbonyl (C=O) groups excluding carboxylic acids is 2. The minimum absolute atomic E-state index is 0.00527. The highest BCUT2D eigenvalue weighted by atomic mass is 16.5. The Morgan fingerprint density at radius 2 is 1.79 bits per heavy atom. The summed E-state index contributed by atoms with van der Waals surface area (Å²) >= 11 is 0. The summed E-state index contributed by atoms with van der Waals surface area (Å²) in [6.07, 6.45) is 2.75. The van der Waals surface area contributed by atoms with Crippen molar-refractivity contribution < 1.29 is 28.5 Å². The van der Waals surface area contributed by atoms with Gasteiger partial charge in [-0.05, 0) is 31.2 Å². The number of esters is 1. The molecule has 0 N–H and O–H groups in total. The first-order chi connectivity index (χ1) is 15.7. The molecule has 1 aromatic rings. The van der Waals surface area contributed by atoms with Gasteiger partial charge in [0.05, 0.1) is 27.9 Å². The molecule has 0 fully saturated rings. The second-order valence-electron chi connectivity index (χ2n) is 9.45. The number of carbonyl (C=O) groups is 2. The number of hydrogen-bond donors (Lipinski definition) is 0. The number of rotatable bonds is 8. The van der Waals surface area contributed by atoms with Gasteiger partial charge in [-0.3, -0.25) is 14.6 Å². The summed E-state index contributed by atoms with van der Waals surface area (Å²) in [4.78, 5) is 31.5. The van der Waals surface area contributed by atoms with Gasteiger partial charge in [0.15, 0.2) is 17.3 Å². The third-order valence-corrected chi connectivity index (χ3v) is 6.37. The van der Waals surface area contributed by atoms with Gasteiger partial charge in [-0.1, -0.05) is 33.3 Å². The third kappa shape index (κ3) is 4.77. The number of benzene rings is 1. The summed E-state index contributed by atoms with van der Waals surface area (Å²) in [5.41, 5.74) is 2.45. The predicted octanol–water partition coefficient (Wildman–Crippen LogP) is 4.87. The molecule has 0 saturated carbocycles. The number of ketones is 1. The molecule has 0 amide bonds. The molecule has 0 radical (unpaired) electrons. The van der Waals surface area contributed by atoms with E-state index in [9.17, 15) is 9.59 Å². The molecule has 0 bridgehead atoms. The molecule has 7 nitrogen and oxygen atoms in total. The van der Waals surface area contributed by atoms with Crippen LogP contribution in [0, 0.1) is 11.3 Å². The van der Waals surface area contributed by atoms with Gasteiger partial charge in [0.25, 0.3) is 0 Å². The van der Waals surface area contributed by atoms with E-state index in [1.54, 1.807) is 20.3 Å². The number of ether oxygens (including phenoxy) is 4. The third-order valence-electron chi connectivity index (χ3n) is 6.37. The van der Waals surface area contributed by atoms with Crippen LogP contribution >= 0.6 is 0 Å². The van der Waals surface area contributed by atoms with Crippen molar-refractivity contribution in [2.24, 2.45) is 16.3 Å². The molecule has 1 aliphatic carbocycles. The molecule has 1 unspecified atom stereocenters. The first kappa shape index (κ1) is 24.8. The molecule has 0 spiro atoms. The number of unbranched alkanes of at least 4 members (excludes halogenated alkanes) is 1. The van der Waals surface area contributed by atoms with Crippen LogP contribution in [-0.2, 0) is 14.3 Å². The Hall–Kier alpha value is -2.83. The monoisotopic (exact) mass is 457 g/mol. The fraction of sp³-hybridized carbons (Fsp3) is 0.577. The number of allylic oxidation sites excluding steroid dienone is 2. The van der Waals surface area contributed by atoms with Crippen LogP contribution in [0.5, 0.6) is 17.2 Å². The number of hydrogen-bond acceptors (Lipinski definition) is 7. The molecule has 33 heavy (non-hydrogen) atoms. The summed E-state index contributed by atoms with van der Waals surface area (Å²) in [6.45, 7) is 8.34. The standard InChI is InChI=1S/C26H35NO6/c1-8-9-12-33-25(29)20-15(2)27-17-13-26(3,4)14-18(28)22(17)21(20)16-10-11-19(30-5)24(32-7)23(16)31-6/h10-11,20-21H,8-9,12-14H2,1-7H3/t20?,21-/m1/s1. The molecule has 3 rings (SSSR count). The van der Waals surface area contributed by atoms with Gasteiger partial charge in [-0.2, -0.15) is 0 Å². The molecular weight excluding hydrogens is 422 g/mol. The average molecular weight is 458 g/mol.